The molecular weight excluding hydrogens is 164 g/mol. The van der Waals surface area contributed by atoms with E-state index in [1.165, 1.54) is 0 Å². The molecule has 0 radical (unpaired) electrons. The monoisotopic (exact) mass is 180 g/mol. The Hall–Kier alpha value is -1.06. The molecule has 0 bridgehead atoms. The number of rotatable bonds is 3. The van der Waals surface area contributed by atoms with Gasteiger partial charge in [-0.2, -0.15) is 0 Å². The Morgan fingerprint density at radius 2 is 2.23 bits per heavy atom. The van der Waals surface area contributed by atoms with Crippen molar-refractivity contribution in [3.8, 4) is 0 Å². The minimum Gasteiger partial charge on any atom is -0.466 e. The van der Waals surface area contributed by atoms with Crippen LogP contribution >= 0.6 is 0 Å². The van der Waals surface area contributed by atoms with E-state index in [1.807, 2.05) is 26.8 Å². The van der Waals surface area contributed by atoms with E-state index in [4.69, 9.17) is 10.3 Å². The topological polar surface area (TPSA) is 51.2 Å². The Labute approximate surface area is 78.6 Å². The molecule has 3 N–H and O–H groups in total. The lowest BCUT2D eigenvalue weighted by Crippen LogP contribution is -2.28. The highest BCUT2D eigenvalue weighted by molar-refractivity contribution is 5.29. The normalized spacial score (nSPS) is 12.9. The van der Waals surface area contributed by atoms with Crippen LogP contribution in [0.4, 0.5) is 0 Å². The van der Waals surface area contributed by atoms with Gasteiger partial charge in [0.05, 0.1) is 6.04 Å². The number of hydrogen-bond acceptors (Lipinski definition) is 3. The summed E-state index contributed by atoms with van der Waals surface area (Å²) in [6.07, 6.45) is 0. The first-order chi connectivity index (χ1) is 6.06. The molecule has 1 aromatic heterocycles. The summed E-state index contributed by atoms with van der Waals surface area (Å²) in [5.74, 6) is 7.22. The summed E-state index contributed by atoms with van der Waals surface area (Å²) >= 11 is 0. The standard InChI is InChI=1S/C10H16N2O/c1-6(2)10(12-11)9-5-7(3)13-8(9)4/h5,10,12H,1,11H2,2-4H3. The quantitative estimate of drug-likeness (QED) is 0.425. The van der Waals surface area contributed by atoms with Gasteiger partial charge < -0.3 is 4.42 Å². The zero-order valence-electron chi connectivity index (χ0n) is 8.35. The number of nitrogens with two attached hydrogens (primary N) is 1. The summed E-state index contributed by atoms with van der Waals surface area (Å²) < 4.78 is 5.41. The van der Waals surface area contributed by atoms with Gasteiger partial charge in [0.15, 0.2) is 0 Å². The Morgan fingerprint density at radius 3 is 2.54 bits per heavy atom. The van der Waals surface area contributed by atoms with Crippen molar-refractivity contribution in [3.63, 3.8) is 0 Å². The van der Waals surface area contributed by atoms with E-state index in [-0.39, 0.29) is 6.04 Å². The number of hydrazine groups is 1. The lowest BCUT2D eigenvalue weighted by molar-refractivity contribution is 0.494. The number of hydrogen-bond donors (Lipinski definition) is 2. The average Bonchev–Trinajstić information content (AvgIpc) is 2.31. The molecule has 0 saturated heterocycles. The van der Waals surface area contributed by atoms with Crippen LogP contribution in [0.1, 0.15) is 30.0 Å². The lowest BCUT2D eigenvalue weighted by Gasteiger charge is -2.14. The summed E-state index contributed by atoms with van der Waals surface area (Å²) in [6, 6.07) is 1.96. The maximum Gasteiger partial charge on any atom is 0.106 e. The van der Waals surface area contributed by atoms with E-state index in [1.54, 1.807) is 0 Å². The van der Waals surface area contributed by atoms with Gasteiger partial charge >= 0.3 is 0 Å². The van der Waals surface area contributed by atoms with Gasteiger partial charge in [-0.15, -0.1) is 0 Å². The second kappa shape index (κ2) is 3.77. The van der Waals surface area contributed by atoms with Crippen LogP contribution in [0, 0.1) is 13.8 Å². The van der Waals surface area contributed by atoms with Crippen molar-refractivity contribution < 1.29 is 4.42 Å². The molecule has 1 unspecified atom stereocenters. The predicted octanol–water partition coefficient (Wildman–Crippen LogP) is 1.98. The van der Waals surface area contributed by atoms with Gasteiger partial charge in [0.2, 0.25) is 0 Å². The number of aryl methyl sites for hydroxylation is 2. The molecule has 1 aromatic rings. The second-order valence-corrected chi connectivity index (χ2v) is 3.31. The molecular formula is C10H16N2O. The van der Waals surface area contributed by atoms with Crippen LogP contribution in [0.25, 0.3) is 0 Å². The average molecular weight is 180 g/mol. The van der Waals surface area contributed by atoms with Crippen LogP contribution in [0.2, 0.25) is 0 Å². The highest BCUT2D eigenvalue weighted by atomic mass is 16.3. The Morgan fingerprint density at radius 1 is 1.62 bits per heavy atom. The maximum absolute atomic E-state index is 5.43. The van der Waals surface area contributed by atoms with Gasteiger partial charge in [-0.25, -0.2) is 5.43 Å². The van der Waals surface area contributed by atoms with Crippen molar-refractivity contribution >= 4 is 0 Å². The van der Waals surface area contributed by atoms with E-state index in [9.17, 15) is 0 Å². The van der Waals surface area contributed by atoms with Crippen LogP contribution < -0.4 is 11.3 Å². The van der Waals surface area contributed by atoms with Crippen molar-refractivity contribution in [3.05, 3.63) is 35.3 Å². The van der Waals surface area contributed by atoms with Gasteiger partial charge in [-0.1, -0.05) is 12.2 Å². The maximum atomic E-state index is 5.43. The SMILES string of the molecule is C=C(C)C(NN)c1cc(C)oc1C. The minimum atomic E-state index is -0.0163. The van der Waals surface area contributed by atoms with Crippen molar-refractivity contribution in [2.75, 3.05) is 0 Å². The van der Waals surface area contributed by atoms with Crippen LogP contribution in [0.15, 0.2) is 22.6 Å². The van der Waals surface area contributed by atoms with Crippen molar-refractivity contribution in [1.82, 2.24) is 5.43 Å². The van der Waals surface area contributed by atoms with Gasteiger partial charge in [-0.05, 0) is 26.8 Å². The first-order valence-corrected chi connectivity index (χ1v) is 4.24. The first kappa shape index (κ1) is 10.0. The van der Waals surface area contributed by atoms with Crippen LogP contribution in [-0.4, -0.2) is 0 Å². The van der Waals surface area contributed by atoms with Gasteiger partial charge in [0, 0.05) is 5.56 Å². The third-order valence-electron chi connectivity index (χ3n) is 2.05. The Bertz CT molecular complexity index is 315. The summed E-state index contributed by atoms with van der Waals surface area (Å²) in [5.41, 5.74) is 4.75. The summed E-state index contributed by atoms with van der Waals surface area (Å²) in [7, 11) is 0. The fraction of sp³-hybridized carbons (Fsp3) is 0.400. The molecule has 0 fully saturated rings. The van der Waals surface area contributed by atoms with Crippen LogP contribution in [0.5, 0.6) is 0 Å². The fourth-order valence-corrected chi connectivity index (χ4v) is 1.43. The summed E-state index contributed by atoms with van der Waals surface area (Å²) in [4.78, 5) is 0. The van der Waals surface area contributed by atoms with Crippen molar-refractivity contribution in [2.45, 2.75) is 26.8 Å². The molecule has 3 heteroatoms. The van der Waals surface area contributed by atoms with E-state index >= 15 is 0 Å². The fourth-order valence-electron chi connectivity index (χ4n) is 1.43. The molecule has 13 heavy (non-hydrogen) atoms. The van der Waals surface area contributed by atoms with E-state index in [0.29, 0.717) is 0 Å². The first-order valence-electron chi connectivity index (χ1n) is 4.24. The summed E-state index contributed by atoms with van der Waals surface area (Å²) in [5, 5.41) is 0. The molecule has 0 aliphatic carbocycles. The van der Waals surface area contributed by atoms with E-state index in [2.05, 4.69) is 12.0 Å². The molecule has 0 aliphatic heterocycles. The molecule has 1 heterocycles. The van der Waals surface area contributed by atoms with Crippen LogP contribution in [0.3, 0.4) is 0 Å². The van der Waals surface area contributed by atoms with Crippen molar-refractivity contribution in [2.24, 2.45) is 5.84 Å². The molecule has 1 atom stereocenters. The molecule has 1 rings (SSSR count). The highest BCUT2D eigenvalue weighted by Crippen LogP contribution is 2.25. The lowest BCUT2D eigenvalue weighted by atomic mass is 10.0. The molecule has 0 aromatic carbocycles. The van der Waals surface area contributed by atoms with Gasteiger partial charge in [0.25, 0.3) is 0 Å². The summed E-state index contributed by atoms with van der Waals surface area (Å²) in [6.45, 7) is 9.65. The molecule has 0 amide bonds. The van der Waals surface area contributed by atoms with E-state index in [0.717, 1.165) is 22.7 Å². The van der Waals surface area contributed by atoms with Crippen LogP contribution in [-0.2, 0) is 0 Å². The molecule has 0 aliphatic rings. The Kier molecular flexibility index (Phi) is 2.90. The van der Waals surface area contributed by atoms with Gasteiger partial charge in [0.1, 0.15) is 11.5 Å². The molecule has 72 valence electrons. The van der Waals surface area contributed by atoms with E-state index < -0.39 is 0 Å². The zero-order chi connectivity index (χ0) is 10.0. The third kappa shape index (κ3) is 1.99. The highest BCUT2D eigenvalue weighted by Gasteiger charge is 2.15. The molecule has 0 spiro atoms. The number of nitrogens with one attached hydrogen (secondary N) is 1. The minimum absolute atomic E-state index is 0.0163. The molecule has 3 nitrogen and oxygen atoms in total. The third-order valence-corrected chi connectivity index (χ3v) is 2.05. The Balaban J connectivity index is 3.04. The zero-order valence-corrected chi connectivity index (χ0v) is 8.35. The smallest absolute Gasteiger partial charge is 0.106 e. The van der Waals surface area contributed by atoms with Crippen molar-refractivity contribution in [1.29, 1.82) is 0 Å². The molecule has 0 saturated carbocycles. The predicted molar refractivity (Wildman–Crippen MR) is 53.1 cm³/mol. The van der Waals surface area contributed by atoms with Gasteiger partial charge in [-0.3, -0.25) is 5.84 Å². The number of furan rings is 1. The largest absolute Gasteiger partial charge is 0.466 e. The second-order valence-electron chi connectivity index (χ2n) is 3.31.